The second-order valence-corrected chi connectivity index (χ2v) is 8.13. The van der Waals surface area contributed by atoms with Gasteiger partial charge < -0.3 is 0 Å². The average molecular weight is 386 g/mol. The lowest BCUT2D eigenvalue weighted by Crippen LogP contribution is -2.13. The number of aryl methyl sites for hydroxylation is 1. The number of benzene rings is 1. The van der Waals surface area contributed by atoms with Crippen LogP contribution in [0.5, 0.6) is 0 Å². The van der Waals surface area contributed by atoms with Gasteiger partial charge in [-0.15, -0.1) is 11.3 Å². The number of sulfonamides is 1. The summed E-state index contributed by atoms with van der Waals surface area (Å²) in [6.07, 6.45) is 0. The van der Waals surface area contributed by atoms with Gasteiger partial charge in [-0.3, -0.25) is 4.72 Å². The highest BCUT2D eigenvalue weighted by Gasteiger charge is 2.22. The molecule has 0 unspecified atom stereocenters. The van der Waals surface area contributed by atoms with E-state index in [0.29, 0.717) is 15.4 Å². The van der Waals surface area contributed by atoms with Crippen LogP contribution < -0.4 is 4.72 Å². The van der Waals surface area contributed by atoms with Gasteiger partial charge in [0.05, 0.1) is 9.47 Å². The SMILES string of the molecule is Cc1cc(S(=O)(=O)Nc2ccc(F)c(F)c2F)sc1Br. The molecule has 1 N–H and O–H groups in total. The molecule has 0 aliphatic rings. The summed E-state index contributed by atoms with van der Waals surface area (Å²) in [5.74, 6) is -4.70. The molecule has 0 saturated carbocycles. The van der Waals surface area contributed by atoms with E-state index >= 15 is 0 Å². The van der Waals surface area contributed by atoms with Crippen LogP contribution in [0.3, 0.4) is 0 Å². The monoisotopic (exact) mass is 385 g/mol. The second-order valence-electron chi connectivity index (χ2n) is 3.85. The standard InChI is InChI=1S/C11H7BrF3NO2S2/c1-5-4-8(19-11(5)12)20(17,18)16-7-3-2-6(13)9(14)10(7)15/h2-4,16H,1H3. The van der Waals surface area contributed by atoms with E-state index in [1.54, 1.807) is 6.92 Å². The third-order valence-corrected chi connectivity index (χ3v) is 6.35. The molecule has 1 aromatic heterocycles. The Morgan fingerprint density at radius 2 is 1.85 bits per heavy atom. The van der Waals surface area contributed by atoms with Crippen LogP contribution in [-0.4, -0.2) is 8.42 Å². The fourth-order valence-corrected chi connectivity index (χ4v) is 4.65. The minimum atomic E-state index is -4.06. The van der Waals surface area contributed by atoms with E-state index in [1.165, 1.54) is 6.07 Å². The molecule has 0 bridgehead atoms. The van der Waals surface area contributed by atoms with E-state index in [-0.39, 0.29) is 4.21 Å². The van der Waals surface area contributed by atoms with Gasteiger partial charge >= 0.3 is 0 Å². The van der Waals surface area contributed by atoms with Crippen LogP contribution in [0.15, 0.2) is 26.2 Å². The Labute approximate surface area is 125 Å². The number of anilines is 1. The fourth-order valence-electron chi connectivity index (χ4n) is 1.36. The van der Waals surface area contributed by atoms with Gasteiger partial charge in [-0.2, -0.15) is 0 Å². The number of halogens is 4. The van der Waals surface area contributed by atoms with Crippen molar-refractivity contribution in [3.63, 3.8) is 0 Å². The van der Waals surface area contributed by atoms with Crippen LogP contribution in [0.25, 0.3) is 0 Å². The quantitative estimate of drug-likeness (QED) is 0.810. The predicted octanol–water partition coefficient (Wildman–Crippen LogP) is 4.04. The van der Waals surface area contributed by atoms with Gasteiger partial charge in [-0.1, -0.05) is 0 Å². The third kappa shape index (κ3) is 2.84. The number of hydrogen-bond acceptors (Lipinski definition) is 3. The molecule has 108 valence electrons. The highest BCUT2D eigenvalue weighted by Crippen LogP contribution is 2.32. The molecule has 0 fully saturated rings. The van der Waals surface area contributed by atoms with Gasteiger partial charge in [-0.25, -0.2) is 21.6 Å². The molecule has 1 aromatic carbocycles. The van der Waals surface area contributed by atoms with Crippen molar-refractivity contribution in [1.29, 1.82) is 0 Å². The molecular weight excluding hydrogens is 379 g/mol. The van der Waals surface area contributed by atoms with E-state index in [1.807, 2.05) is 4.72 Å². The van der Waals surface area contributed by atoms with Crippen molar-refractivity contribution < 1.29 is 21.6 Å². The molecular formula is C11H7BrF3NO2S2. The summed E-state index contributed by atoms with van der Waals surface area (Å²) in [7, 11) is -4.06. The van der Waals surface area contributed by atoms with E-state index in [4.69, 9.17) is 0 Å². The molecule has 20 heavy (non-hydrogen) atoms. The first-order chi connectivity index (χ1) is 9.22. The molecule has 0 aliphatic heterocycles. The van der Waals surface area contributed by atoms with Gasteiger partial charge in [-0.05, 0) is 46.6 Å². The Morgan fingerprint density at radius 3 is 2.40 bits per heavy atom. The first-order valence-corrected chi connectivity index (χ1v) is 8.24. The summed E-state index contributed by atoms with van der Waals surface area (Å²) >= 11 is 4.10. The van der Waals surface area contributed by atoms with Gasteiger partial charge in [0.15, 0.2) is 17.5 Å². The Kier molecular flexibility index (Phi) is 4.12. The molecule has 0 saturated heterocycles. The average Bonchev–Trinajstić information content (AvgIpc) is 2.71. The Hall–Kier alpha value is -1.06. The van der Waals surface area contributed by atoms with E-state index in [0.717, 1.165) is 17.4 Å². The Morgan fingerprint density at radius 1 is 1.20 bits per heavy atom. The largest absolute Gasteiger partial charge is 0.276 e. The topological polar surface area (TPSA) is 46.2 Å². The molecule has 1 heterocycles. The van der Waals surface area contributed by atoms with E-state index in [9.17, 15) is 21.6 Å². The number of rotatable bonds is 3. The van der Waals surface area contributed by atoms with Crippen LogP contribution in [0, 0.1) is 24.4 Å². The zero-order valence-electron chi connectivity index (χ0n) is 9.88. The Balaban J connectivity index is 2.41. The zero-order chi connectivity index (χ0) is 15.1. The van der Waals surface area contributed by atoms with E-state index in [2.05, 4.69) is 15.9 Å². The highest BCUT2D eigenvalue weighted by molar-refractivity contribution is 9.11. The lowest BCUT2D eigenvalue weighted by Gasteiger charge is -2.07. The van der Waals surface area contributed by atoms with Crippen molar-refractivity contribution in [3.05, 3.63) is 45.0 Å². The highest BCUT2D eigenvalue weighted by atomic mass is 79.9. The predicted molar refractivity (Wildman–Crippen MR) is 73.9 cm³/mol. The number of nitrogens with one attached hydrogen (secondary N) is 1. The lowest BCUT2D eigenvalue weighted by atomic mass is 10.3. The molecule has 0 aliphatic carbocycles. The van der Waals surface area contributed by atoms with Crippen LogP contribution in [-0.2, 0) is 10.0 Å². The normalized spacial score (nSPS) is 11.7. The zero-order valence-corrected chi connectivity index (χ0v) is 13.1. The first kappa shape index (κ1) is 15.3. The maximum atomic E-state index is 13.4. The summed E-state index contributed by atoms with van der Waals surface area (Å²) in [6, 6.07) is 2.85. The maximum absolute atomic E-state index is 13.4. The molecule has 0 amide bonds. The van der Waals surface area contributed by atoms with Crippen molar-refractivity contribution >= 4 is 43.0 Å². The molecule has 0 radical (unpaired) electrons. The van der Waals surface area contributed by atoms with E-state index < -0.39 is 33.2 Å². The van der Waals surface area contributed by atoms with Gasteiger partial charge in [0.2, 0.25) is 0 Å². The minimum Gasteiger partial charge on any atom is -0.276 e. The summed E-state index contributed by atoms with van der Waals surface area (Å²) in [6.45, 7) is 1.69. The molecule has 0 spiro atoms. The third-order valence-electron chi connectivity index (χ3n) is 2.38. The van der Waals surface area contributed by atoms with Gasteiger partial charge in [0.25, 0.3) is 10.0 Å². The summed E-state index contributed by atoms with van der Waals surface area (Å²) in [5.41, 5.74) is 0.0483. The van der Waals surface area contributed by atoms with Crippen molar-refractivity contribution in [3.8, 4) is 0 Å². The van der Waals surface area contributed by atoms with Crippen LogP contribution in [0.2, 0.25) is 0 Å². The summed E-state index contributed by atoms with van der Waals surface area (Å²) in [5, 5.41) is 0. The molecule has 2 aromatic rings. The van der Waals surface area contributed by atoms with Crippen molar-refractivity contribution in [1.82, 2.24) is 0 Å². The molecule has 9 heteroatoms. The summed E-state index contributed by atoms with van der Waals surface area (Å²) < 4.78 is 65.7. The maximum Gasteiger partial charge on any atom is 0.271 e. The Bertz CT molecular complexity index is 755. The molecule has 3 nitrogen and oxygen atoms in total. The smallest absolute Gasteiger partial charge is 0.271 e. The first-order valence-electron chi connectivity index (χ1n) is 5.14. The minimum absolute atomic E-state index is 0.0639. The summed E-state index contributed by atoms with van der Waals surface area (Å²) in [4.78, 5) is 0. The van der Waals surface area contributed by atoms with Crippen molar-refractivity contribution in [2.24, 2.45) is 0 Å². The second kappa shape index (κ2) is 5.38. The number of hydrogen-bond donors (Lipinski definition) is 1. The van der Waals surface area contributed by atoms with Gasteiger partial charge in [0.1, 0.15) is 4.21 Å². The van der Waals surface area contributed by atoms with Crippen LogP contribution in [0.4, 0.5) is 18.9 Å². The fraction of sp³-hybridized carbons (Fsp3) is 0.0909. The lowest BCUT2D eigenvalue weighted by molar-refractivity contribution is 0.449. The van der Waals surface area contributed by atoms with Gasteiger partial charge in [0, 0.05) is 0 Å². The van der Waals surface area contributed by atoms with Crippen LogP contribution in [0.1, 0.15) is 5.56 Å². The molecule has 2 rings (SSSR count). The van der Waals surface area contributed by atoms with Crippen molar-refractivity contribution in [2.45, 2.75) is 11.1 Å². The number of thiophene rings is 1. The van der Waals surface area contributed by atoms with Crippen LogP contribution >= 0.6 is 27.3 Å². The molecule has 0 atom stereocenters. The van der Waals surface area contributed by atoms with Crippen molar-refractivity contribution in [2.75, 3.05) is 4.72 Å².